The van der Waals surface area contributed by atoms with Crippen LogP contribution in [0.1, 0.15) is 19.8 Å². The van der Waals surface area contributed by atoms with Crippen LogP contribution in [0.5, 0.6) is 0 Å². The number of halogens is 6. The average Bonchev–Trinajstić information content (AvgIpc) is 2.23. The number of carbonyl (C=O) groups is 1. The quantitative estimate of drug-likeness (QED) is 0.238. The summed E-state index contributed by atoms with van der Waals surface area (Å²) in [6, 6.07) is -1.11. The average molecular weight is 309 g/mol. The van der Waals surface area contributed by atoms with Crippen molar-refractivity contribution >= 4 is 11.7 Å². The number of amides is 1. The summed E-state index contributed by atoms with van der Waals surface area (Å²) in [6.45, 7) is 1.41. The Morgan fingerprint density at radius 2 is 1.70 bits per heavy atom. The fourth-order valence-corrected chi connectivity index (χ4v) is 1.36. The molecule has 0 aromatic carbocycles. The van der Waals surface area contributed by atoms with E-state index in [9.17, 15) is 31.1 Å². The zero-order chi connectivity index (χ0) is 16.1. The van der Waals surface area contributed by atoms with E-state index in [-0.39, 0.29) is 12.8 Å². The van der Waals surface area contributed by atoms with Gasteiger partial charge in [-0.15, -0.1) is 0 Å². The lowest BCUT2D eigenvalue weighted by molar-refractivity contribution is -0.274. The first kappa shape index (κ1) is 18.3. The molecule has 0 fully saturated rings. The van der Waals surface area contributed by atoms with E-state index in [1.807, 2.05) is 0 Å². The molecule has 0 aromatic rings. The number of nitrogens with two attached hydrogens (primary N) is 1. The van der Waals surface area contributed by atoms with Crippen LogP contribution in [0.3, 0.4) is 0 Å². The van der Waals surface area contributed by atoms with Gasteiger partial charge in [-0.2, -0.15) is 26.3 Å². The van der Waals surface area contributed by atoms with Crippen molar-refractivity contribution in [1.29, 1.82) is 0 Å². The van der Waals surface area contributed by atoms with E-state index < -0.39 is 36.1 Å². The molecular formula is C9H13F6N3O2. The molecule has 0 aliphatic carbocycles. The smallest absolute Gasteiger partial charge is 0.409 e. The number of oxime groups is 1. The Balaban J connectivity index is 5.01. The van der Waals surface area contributed by atoms with Crippen molar-refractivity contribution in [2.24, 2.45) is 16.8 Å². The number of nitrogens with zero attached hydrogens (tertiary/aromatic N) is 1. The minimum absolute atomic E-state index is 0.00436. The minimum atomic E-state index is -5.75. The van der Waals surface area contributed by atoms with Crippen LogP contribution in [-0.4, -0.2) is 35.3 Å². The van der Waals surface area contributed by atoms with Crippen LogP contribution >= 0.6 is 0 Å². The highest BCUT2D eigenvalue weighted by Gasteiger charge is 2.61. The molecule has 4 N–H and O–H groups in total. The van der Waals surface area contributed by atoms with E-state index in [0.29, 0.717) is 0 Å². The molecule has 0 bridgehead atoms. The molecule has 0 saturated carbocycles. The molecule has 0 aliphatic rings. The van der Waals surface area contributed by atoms with Gasteiger partial charge in [0.2, 0.25) is 11.8 Å². The fourth-order valence-electron chi connectivity index (χ4n) is 1.36. The number of carbonyl (C=O) groups excluding carboxylic acids is 1. The van der Waals surface area contributed by atoms with E-state index >= 15 is 0 Å². The lowest BCUT2D eigenvalue weighted by atomic mass is 10.1. The Labute approximate surface area is 109 Å². The number of amidine groups is 1. The zero-order valence-electron chi connectivity index (χ0n) is 10.2. The van der Waals surface area contributed by atoms with Crippen molar-refractivity contribution in [3.8, 4) is 0 Å². The molecule has 11 heteroatoms. The monoisotopic (exact) mass is 309 g/mol. The summed E-state index contributed by atoms with van der Waals surface area (Å²) in [6.07, 6.45) is -11.9. The predicted octanol–water partition coefficient (Wildman–Crippen LogP) is 1.76. The van der Waals surface area contributed by atoms with Crippen molar-refractivity contribution in [1.82, 2.24) is 5.32 Å². The van der Waals surface area contributed by atoms with Gasteiger partial charge in [-0.25, -0.2) is 0 Å². The second-order valence-corrected chi connectivity index (χ2v) is 3.93. The molecule has 0 radical (unpaired) electrons. The maximum atomic E-state index is 12.3. The maximum absolute atomic E-state index is 12.3. The van der Waals surface area contributed by atoms with Crippen molar-refractivity contribution in [3.63, 3.8) is 0 Å². The zero-order valence-corrected chi connectivity index (χ0v) is 10.2. The molecule has 1 unspecified atom stereocenters. The molecule has 0 aliphatic heterocycles. The molecule has 118 valence electrons. The highest BCUT2D eigenvalue weighted by atomic mass is 19.4. The van der Waals surface area contributed by atoms with Gasteiger partial charge in [0.25, 0.3) is 0 Å². The first-order chi connectivity index (χ1) is 8.93. The Morgan fingerprint density at radius 3 is 2.00 bits per heavy atom. The van der Waals surface area contributed by atoms with Gasteiger partial charge in [-0.05, 0) is 6.42 Å². The van der Waals surface area contributed by atoms with Crippen LogP contribution in [0.2, 0.25) is 0 Å². The number of alkyl halides is 6. The normalized spacial score (nSPS) is 15.3. The van der Waals surface area contributed by atoms with Crippen molar-refractivity contribution < 1.29 is 36.3 Å². The van der Waals surface area contributed by atoms with Crippen LogP contribution in [-0.2, 0) is 4.79 Å². The SMILES string of the molecule is CCC(CC(N)=NO)NC(=O)C(C(F)(F)F)C(F)(F)F. The van der Waals surface area contributed by atoms with Gasteiger partial charge < -0.3 is 16.3 Å². The number of hydrogen-bond donors (Lipinski definition) is 3. The summed E-state index contributed by atoms with van der Waals surface area (Å²) in [5, 5.41) is 12.4. The second-order valence-electron chi connectivity index (χ2n) is 3.93. The Morgan fingerprint density at radius 1 is 1.25 bits per heavy atom. The van der Waals surface area contributed by atoms with Crippen molar-refractivity contribution in [3.05, 3.63) is 0 Å². The topological polar surface area (TPSA) is 87.7 Å². The van der Waals surface area contributed by atoms with Crippen molar-refractivity contribution in [2.75, 3.05) is 0 Å². The second kappa shape index (κ2) is 6.66. The third kappa shape index (κ3) is 5.53. The van der Waals surface area contributed by atoms with Crippen LogP contribution in [0.15, 0.2) is 5.16 Å². The third-order valence-electron chi connectivity index (χ3n) is 2.34. The van der Waals surface area contributed by atoms with Gasteiger partial charge in [-0.1, -0.05) is 12.1 Å². The molecule has 0 rings (SSSR count). The van der Waals surface area contributed by atoms with E-state index in [1.54, 1.807) is 5.32 Å². The fraction of sp³-hybridized carbons (Fsp3) is 0.778. The predicted molar refractivity (Wildman–Crippen MR) is 55.8 cm³/mol. The molecule has 0 saturated heterocycles. The van der Waals surface area contributed by atoms with Crippen LogP contribution < -0.4 is 11.1 Å². The first-order valence-electron chi connectivity index (χ1n) is 5.33. The first-order valence-corrected chi connectivity index (χ1v) is 5.33. The Kier molecular flexibility index (Phi) is 6.10. The number of nitrogens with one attached hydrogen (secondary N) is 1. The van der Waals surface area contributed by atoms with E-state index in [4.69, 9.17) is 10.9 Å². The molecule has 1 amide bonds. The van der Waals surface area contributed by atoms with E-state index in [2.05, 4.69) is 5.16 Å². The summed E-state index contributed by atoms with van der Waals surface area (Å²) in [4.78, 5) is 11.2. The summed E-state index contributed by atoms with van der Waals surface area (Å²) < 4.78 is 73.7. The molecule has 0 spiro atoms. The lowest BCUT2D eigenvalue weighted by Crippen LogP contribution is -2.51. The molecule has 20 heavy (non-hydrogen) atoms. The minimum Gasteiger partial charge on any atom is -0.409 e. The molecule has 0 heterocycles. The van der Waals surface area contributed by atoms with E-state index in [0.717, 1.165) is 0 Å². The highest BCUT2D eigenvalue weighted by Crippen LogP contribution is 2.39. The van der Waals surface area contributed by atoms with Crippen molar-refractivity contribution in [2.45, 2.75) is 38.2 Å². The highest BCUT2D eigenvalue weighted by molar-refractivity contribution is 5.83. The Hall–Kier alpha value is -1.68. The summed E-state index contributed by atoms with van der Waals surface area (Å²) in [5.41, 5.74) is 5.08. The number of rotatable bonds is 5. The lowest BCUT2D eigenvalue weighted by Gasteiger charge is -2.24. The van der Waals surface area contributed by atoms with Gasteiger partial charge in [0.05, 0.1) is 0 Å². The molecule has 5 nitrogen and oxygen atoms in total. The largest absolute Gasteiger partial charge is 0.409 e. The number of hydrogen-bond acceptors (Lipinski definition) is 3. The molecular weight excluding hydrogens is 296 g/mol. The van der Waals surface area contributed by atoms with Gasteiger partial charge in [-0.3, -0.25) is 4.79 Å². The van der Waals surface area contributed by atoms with E-state index in [1.165, 1.54) is 6.92 Å². The van der Waals surface area contributed by atoms with Crippen LogP contribution in [0.4, 0.5) is 26.3 Å². The summed E-state index contributed by atoms with van der Waals surface area (Å²) in [7, 11) is 0. The maximum Gasteiger partial charge on any atom is 0.409 e. The summed E-state index contributed by atoms with van der Waals surface area (Å²) in [5.74, 6) is -6.76. The van der Waals surface area contributed by atoms with Crippen LogP contribution in [0.25, 0.3) is 0 Å². The summed E-state index contributed by atoms with van der Waals surface area (Å²) >= 11 is 0. The van der Waals surface area contributed by atoms with Gasteiger partial charge in [0.15, 0.2) is 0 Å². The molecule has 1 atom stereocenters. The standard InChI is InChI=1S/C9H13F6N3O2/c1-2-4(3-5(16)18-20)17-7(19)6(8(10,11)12)9(13,14)15/h4,6,20H,2-3H2,1H3,(H2,16,18)(H,17,19). The Bertz CT molecular complexity index is 352. The third-order valence-corrected chi connectivity index (χ3v) is 2.34. The van der Waals surface area contributed by atoms with Crippen LogP contribution in [0, 0.1) is 5.92 Å². The van der Waals surface area contributed by atoms with Gasteiger partial charge in [0.1, 0.15) is 5.84 Å². The molecule has 0 aromatic heterocycles. The van der Waals surface area contributed by atoms with Gasteiger partial charge >= 0.3 is 12.4 Å². The van der Waals surface area contributed by atoms with Gasteiger partial charge in [0, 0.05) is 12.5 Å².